The third kappa shape index (κ3) is 1.55. The average molecular weight is 281 g/mol. The van der Waals surface area contributed by atoms with E-state index in [4.69, 9.17) is 0 Å². The van der Waals surface area contributed by atoms with E-state index in [2.05, 4.69) is 49.7 Å². The minimum Gasteiger partial charge on any atom is -0.294 e. The molecule has 2 rings (SSSR count). The van der Waals surface area contributed by atoms with Crippen LogP contribution >= 0.6 is 15.9 Å². The zero-order chi connectivity index (χ0) is 12.1. The molecule has 0 atom stereocenters. The van der Waals surface area contributed by atoms with Gasteiger partial charge >= 0.3 is 0 Å². The Balaban J connectivity index is 2.71. The molecule has 0 fully saturated rings. The highest BCUT2D eigenvalue weighted by Crippen LogP contribution is 2.49. The van der Waals surface area contributed by atoms with Crippen LogP contribution in [0.4, 0.5) is 0 Å². The molecule has 1 nitrogen and oxygen atoms in total. The van der Waals surface area contributed by atoms with E-state index < -0.39 is 0 Å². The SMILES string of the molecule is CC1(C)CC(=O)c2ccc(Br)cc2C1(C)C. The topological polar surface area (TPSA) is 17.1 Å². The van der Waals surface area contributed by atoms with Crippen molar-refractivity contribution in [2.24, 2.45) is 5.41 Å². The minimum atomic E-state index is 0.0118. The number of carbonyl (C=O) groups excluding carboxylic acids is 1. The molecule has 86 valence electrons. The van der Waals surface area contributed by atoms with Crippen LogP contribution in [-0.2, 0) is 5.41 Å². The van der Waals surface area contributed by atoms with Gasteiger partial charge in [-0.25, -0.2) is 0 Å². The summed E-state index contributed by atoms with van der Waals surface area (Å²) in [6.07, 6.45) is 0.634. The van der Waals surface area contributed by atoms with Gasteiger partial charge in [0.05, 0.1) is 0 Å². The third-order valence-electron chi connectivity index (χ3n) is 4.25. The molecule has 0 saturated carbocycles. The Bertz CT molecular complexity index is 458. The van der Waals surface area contributed by atoms with Crippen LogP contribution in [0.5, 0.6) is 0 Å². The monoisotopic (exact) mass is 280 g/mol. The van der Waals surface area contributed by atoms with Crippen molar-refractivity contribution in [3.8, 4) is 0 Å². The second-order valence-corrected chi connectivity index (χ2v) is 6.71. The first-order valence-corrected chi connectivity index (χ1v) is 6.38. The van der Waals surface area contributed by atoms with Crippen molar-refractivity contribution in [2.45, 2.75) is 39.5 Å². The number of hydrogen-bond donors (Lipinski definition) is 0. The van der Waals surface area contributed by atoms with Crippen LogP contribution in [0, 0.1) is 5.41 Å². The summed E-state index contributed by atoms with van der Waals surface area (Å²) in [6.45, 7) is 8.80. The van der Waals surface area contributed by atoms with E-state index in [1.165, 1.54) is 5.56 Å². The molecule has 0 bridgehead atoms. The molecule has 0 radical (unpaired) electrons. The van der Waals surface area contributed by atoms with E-state index in [0.717, 1.165) is 10.0 Å². The van der Waals surface area contributed by atoms with E-state index in [1.807, 2.05) is 12.1 Å². The van der Waals surface area contributed by atoms with E-state index in [9.17, 15) is 4.79 Å². The number of fused-ring (bicyclic) bond motifs is 1. The molecule has 1 aliphatic rings. The first-order chi connectivity index (χ1) is 7.25. The van der Waals surface area contributed by atoms with Gasteiger partial charge < -0.3 is 0 Å². The Kier molecular flexibility index (Phi) is 2.54. The maximum Gasteiger partial charge on any atom is 0.163 e. The number of benzene rings is 1. The van der Waals surface area contributed by atoms with Crippen LogP contribution in [0.2, 0.25) is 0 Å². The largest absolute Gasteiger partial charge is 0.294 e. The standard InChI is InChI=1S/C14H17BrO/c1-13(2)8-12(16)10-6-5-9(15)7-11(10)14(13,3)4/h5-7H,8H2,1-4H3. The molecule has 0 saturated heterocycles. The molecule has 0 aromatic heterocycles. The second kappa shape index (κ2) is 3.43. The molecule has 1 aliphatic carbocycles. The summed E-state index contributed by atoms with van der Waals surface area (Å²) in [6, 6.07) is 5.98. The van der Waals surface area contributed by atoms with Gasteiger partial charge in [-0.2, -0.15) is 0 Å². The number of hydrogen-bond acceptors (Lipinski definition) is 1. The van der Waals surface area contributed by atoms with Crippen LogP contribution < -0.4 is 0 Å². The molecular weight excluding hydrogens is 264 g/mol. The normalized spacial score (nSPS) is 21.7. The first-order valence-electron chi connectivity index (χ1n) is 5.59. The number of rotatable bonds is 0. The number of halogens is 1. The number of ketones is 1. The summed E-state index contributed by atoms with van der Waals surface area (Å²) < 4.78 is 1.05. The molecule has 0 heterocycles. The second-order valence-electron chi connectivity index (χ2n) is 5.80. The molecule has 2 heteroatoms. The zero-order valence-corrected chi connectivity index (χ0v) is 11.8. The maximum atomic E-state index is 12.1. The van der Waals surface area contributed by atoms with Gasteiger partial charge in [-0.15, -0.1) is 0 Å². The van der Waals surface area contributed by atoms with Crippen molar-refractivity contribution in [1.29, 1.82) is 0 Å². The fraction of sp³-hybridized carbons (Fsp3) is 0.500. The minimum absolute atomic E-state index is 0.0118. The molecule has 1 aromatic rings. The molecule has 0 unspecified atom stereocenters. The van der Waals surface area contributed by atoms with E-state index >= 15 is 0 Å². The zero-order valence-electron chi connectivity index (χ0n) is 10.2. The summed E-state index contributed by atoms with van der Waals surface area (Å²) in [7, 11) is 0. The van der Waals surface area contributed by atoms with Crippen molar-refractivity contribution in [3.63, 3.8) is 0 Å². The van der Waals surface area contributed by atoms with Gasteiger partial charge in [-0.1, -0.05) is 43.6 Å². The predicted molar refractivity (Wildman–Crippen MR) is 69.9 cm³/mol. The maximum absolute atomic E-state index is 12.1. The lowest BCUT2D eigenvalue weighted by Crippen LogP contribution is -2.43. The van der Waals surface area contributed by atoms with Crippen molar-refractivity contribution in [1.82, 2.24) is 0 Å². The third-order valence-corrected chi connectivity index (χ3v) is 4.74. The Morgan fingerprint density at radius 3 is 2.44 bits per heavy atom. The van der Waals surface area contributed by atoms with E-state index in [1.54, 1.807) is 0 Å². The Morgan fingerprint density at radius 1 is 1.19 bits per heavy atom. The van der Waals surface area contributed by atoms with Gasteiger partial charge in [0, 0.05) is 16.5 Å². The summed E-state index contributed by atoms with van der Waals surface area (Å²) in [4.78, 5) is 12.1. The number of carbonyl (C=O) groups is 1. The Morgan fingerprint density at radius 2 is 1.81 bits per heavy atom. The Labute approximate surface area is 105 Å². The van der Waals surface area contributed by atoms with Gasteiger partial charge in [0.15, 0.2) is 5.78 Å². The van der Waals surface area contributed by atoms with Gasteiger partial charge in [0.1, 0.15) is 0 Å². The van der Waals surface area contributed by atoms with Gasteiger partial charge in [0.25, 0.3) is 0 Å². The van der Waals surface area contributed by atoms with Gasteiger partial charge in [0.2, 0.25) is 0 Å². The quantitative estimate of drug-likeness (QED) is 0.691. The molecule has 0 spiro atoms. The molecule has 0 N–H and O–H groups in total. The highest BCUT2D eigenvalue weighted by molar-refractivity contribution is 9.10. The lowest BCUT2D eigenvalue weighted by molar-refractivity contribution is 0.0813. The smallest absolute Gasteiger partial charge is 0.163 e. The summed E-state index contributed by atoms with van der Waals surface area (Å²) >= 11 is 3.49. The van der Waals surface area contributed by atoms with Crippen LogP contribution in [0.15, 0.2) is 22.7 Å². The van der Waals surface area contributed by atoms with Crippen LogP contribution in [-0.4, -0.2) is 5.78 Å². The van der Waals surface area contributed by atoms with Crippen molar-refractivity contribution >= 4 is 21.7 Å². The van der Waals surface area contributed by atoms with Crippen molar-refractivity contribution in [3.05, 3.63) is 33.8 Å². The van der Waals surface area contributed by atoms with Gasteiger partial charge in [-0.05, 0) is 34.6 Å². The fourth-order valence-electron chi connectivity index (χ4n) is 2.36. The molecule has 0 amide bonds. The number of Topliss-reactive ketones (excluding diaryl/α,β-unsaturated/α-hetero) is 1. The Hall–Kier alpha value is -0.630. The molecule has 1 aromatic carbocycles. The highest BCUT2D eigenvalue weighted by Gasteiger charge is 2.45. The summed E-state index contributed by atoms with van der Waals surface area (Å²) in [5, 5.41) is 0. The van der Waals surface area contributed by atoms with E-state index in [-0.39, 0.29) is 16.6 Å². The fourth-order valence-corrected chi connectivity index (χ4v) is 2.72. The van der Waals surface area contributed by atoms with Crippen molar-refractivity contribution < 1.29 is 4.79 Å². The predicted octanol–water partition coefficient (Wildman–Crippen LogP) is 4.34. The lowest BCUT2D eigenvalue weighted by Gasteiger charge is -2.46. The molecule has 0 aliphatic heterocycles. The summed E-state index contributed by atoms with van der Waals surface area (Å²) in [5.74, 6) is 0.270. The van der Waals surface area contributed by atoms with Gasteiger partial charge in [-0.3, -0.25) is 4.79 Å². The first kappa shape index (κ1) is 11.8. The highest BCUT2D eigenvalue weighted by atomic mass is 79.9. The molecule has 16 heavy (non-hydrogen) atoms. The summed E-state index contributed by atoms with van der Waals surface area (Å²) in [5.41, 5.74) is 2.11. The lowest BCUT2D eigenvalue weighted by atomic mass is 9.57. The van der Waals surface area contributed by atoms with Crippen molar-refractivity contribution in [2.75, 3.05) is 0 Å². The molecular formula is C14H17BrO. The van der Waals surface area contributed by atoms with Crippen LogP contribution in [0.3, 0.4) is 0 Å². The van der Waals surface area contributed by atoms with Crippen LogP contribution in [0.1, 0.15) is 50.0 Å². The van der Waals surface area contributed by atoms with E-state index in [0.29, 0.717) is 6.42 Å². The average Bonchev–Trinajstić information content (AvgIpc) is 2.14. The van der Waals surface area contributed by atoms with Crippen LogP contribution in [0.25, 0.3) is 0 Å².